The van der Waals surface area contributed by atoms with Gasteiger partial charge >= 0.3 is 0 Å². The molecule has 0 spiro atoms. The van der Waals surface area contributed by atoms with E-state index in [0.29, 0.717) is 12.4 Å². The van der Waals surface area contributed by atoms with Crippen molar-refractivity contribution >= 4 is 28.7 Å². The lowest BCUT2D eigenvalue weighted by Gasteiger charge is -2.16. The number of benzene rings is 2. The van der Waals surface area contributed by atoms with Gasteiger partial charge in [0.2, 0.25) is 0 Å². The quantitative estimate of drug-likeness (QED) is 0.444. The molecule has 1 atom stereocenters. The highest BCUT2D eigenvalue weighted by Crippen LogP contribution is 2.20. The standard InChI is InChI=1S/C23H23N5O2S/c1-31-14-13-19(22-24-17-9-5-6-10-18(17)25-22)26-23(30)20-11-12-21(29)28(27-20)15-16-7-3-2-4-8-16/h2-12,19H,13-15H2,1H3,(H,24,25)(H,26,30)/t19-/m1/s1. The number of thioether (sulfide) groups is 1. The molecule has 8 heteroatoms. The molecule has 31 heavy (non-hydrogen) atoms. The van der Waals surface area contributed by atoms with Crippen LogP contribution in [-0.4, -0.2) is 37.7 Å². The van der Waals surface area contributed by atoms with Crippen LogP contribution in [0.3, 0.4) is 0 Å². The van der Waals surface area contributed by atoms with Crippen molar-refractivity contribution in [1.29, 1.82) is 0 Å². The maximum atomic E-state index is 13.0. The number of para-hydroxylation sites is 2. The number of fused-ring (bicyclic) bond motifs is 1. The Balaban J connectivity index is 1.56. The maximum Gasteiger partial charge on any atom is 0.272 e. The Morgan fingerprint density at radius 1 is 1.10 bits per heavy atom. The van der Waals surface area contributed by atoms with Crippen molar-refractivity contribution in [1.82, 2.24) is 25.1 Å². The Kier molecular flexibility index (Phi) is 6.47. The van der Waals surface area contributed by atoms with E-state index in [1.54, 1.807) is 11.8 Å². The number of carbonyl (C=O) groups excluding carboxylic acids is 1. The molecule has 2 aromatic carbocycles. The summed E-state index contributed by atoms with van der Waals surface area (Å²) in [6, 6.07) is 19.9. The molecule has 2 heterocycles. The number of nitrogens with zero attached hydrogens (tertiary/aromatic N) is 3. The molecule has 158 valence electrons. The number of imidazole rings is 1. The van der Waals surface area contributed by atoms with Crippen LogP contribution in [0.2, 0.25) is 0 Å². The molecule has 0 radical (unpaired) electrons. The molecule has 4 aromatic rings. The predicted molar refractivity (Wildman–Crippen MR) is 123 cm³/mol. The number of hydrogen-bond acceptors (Lipinski definition) is 5. The monoisotopic (exact) mass is 433 g/mol. The van der Waals surface area contributed by atoms with E-state index in [0.717, 1.165) is 28.8 Å². The van der Waals surface area contributed by atoms with Crippen LogP contribution in [0.15, 0.2) is 71.5 Å². The SMILES string of the molecule is CSCC[C@@H](NC(=O)c1ccc(=O)n(Cc2ccccc2)n1)c1nc2ccccc2[nH]1. The number of aromatic nitrogens is 4. The lowest BCUT2D eigenvalue weighted by atomic mass is 10.2. The predicted octanol–water partition coefficient (Wildman–Crippen LogP) is 3.39. The van der Waals surface area contributed by atoms with Gasteiger partial charge in [0.25, 0.3) is 11.5 Å². The number of amides is 1. The summed E-state index contributed by atoms with van der Waals surface area (Å²) < 4.78 is 1.31. The van der Waals surface area contributed by atoms with Crippen molar-refractivity contribution in [2.75, 3.05) is 12.0 Å². The van der Waals surface area contributed by atoms with E-state index >= 15 is 0 Å². The molecule has 0 fully saturated rings. The molecule has 0 aliphatic rings. The molecule has 2 aromatic heterocycles. The van der Waals surface area contributed by atoms with Crippen molar-refractivity contribution in [2.24, 2.45) is 0 Å². The zero-order valence-electron chi connectivity index (χ0n) is 17.1. The van der Waals surface area contributed by atoms with Crippen LogP contribution in [0.5, 0.6) is 0 Å². The third kappa shape index (κ3) is 5.03. The average molecular weight is 434 g/mol. The summed E-state index contributed by atoms with van der Waals surface area (Å²) in [5.41, 5.74) is 2.66. The highest BCUT2D eigenvalue weighted by molar-refractivity contribution is 7.98. The van der Waals surface area contributed by atoms with Crippen LogP contribution >= 0.6 is 11.8 Å². The van der Waals surface area contributed by atoms with Crippen LogP contribution < -0.4 is 10.9 Å². The summed E-state index contributed by atoms with van der Waals surface area (Å²) in [5, 5.41) is 7.33. The fourth-order valence-corrected chi connectivity index (χ4v) is 3.79. The molecule has 0 saturated carbocycles. The van der Waals surface area contributed by atoms with Gasteiger partial charge in [-0.05, 0) is 42.2 Å². The second-order valence-corrected chi connectivity index (χ2v) is 8.13. The second-order valence-electron chi connectivity index (χ2n) is 7.15. The first-order valence-electron chi connectivity index (χ1n) is 10.0. The summed E-state index contributed by atoms with van der Waals surface area (Å²) in [4.78, 5) is 33.2. The zero-order chi connectivity index (χ0) is 21.6. The molecule has 0 aliphatic carbocycles. The van der Waals surface area contributed by atoms with E-state index in [4.69, 9.17) is 0 Å². The van der Waals surface area contributed by atoms with E-state index in [9.17, 15) is 9.59 Å². The lowest BCUT2D eigenvalue weighted by Crippen LogP contribution is -2.33. The van der Waals surface area contributed by atoms with E-state index in [1.807, 2.05) is 60.9 Å². The molecule has 1 amide bonds. The summed E-state index contributed by atoms with van der Waals surface area (Å²) >= 11 is 1.71. The van der Waals surface area contributed by atoms with Gasteiger partial charge in [0.15, 0.2) is 0 Å². The van der Waals surface area contributed by atoms with E-state index < -0.39 is 0 Å². The van der Waals surface area contributed by atoms with Gasteiger partial charge in [-0.1, -0.05) is 42.5 Å². The molecule has 7 nitrogen and oxygen atoms in total. The smallest absolute Gasteiger partial charge is 0.272 e. The molecular formula is C23H23N5O2S. The van der Waals surface area contributed by atoms with Gasteiger partial charge in [0, 0.05) is 6.07 Å². The van der Waals surface area contributed by atoms with E-state index in [2.05, 4.69) is 20.4 Å². The fraction of sp³-hybridized carbons (Fsp3) is 0.217. The lowest BCUT2D eigenvalue weighted by molar-refractivity contribution is 0.0926. The largest absolute Gasteiger partial charge is 0.341 e. The average Bonchev–Trinajstić information content (AvgIpc) is 3.23. The summed E-state index contributed by atoms with van der Waals surface area (Å²) in [6.07, 6.45) is 2.74. The Morgan fingerprint density at radius 2 is 1.87 bits per heavy atom. The first kappa shape index (κ1) is 20.9. The van der Waals surface area contributed by atoms with Gasteiger partial charge in [-0.25, -0.2) is 9.67 Å². The second kappa shape index (κ2) is 9.61. The Hall–Kier alpha value is -3.39. The number of hydrogen-bond donors (Lipinski definition) is 2. The maximum absolute atomic E-state index is 13.0. The topological polar surface area (TPSA) is 92.7 Å². The van der Waals surface area contributed by atoms with Crippen molar-refractivity contribution in [3.05, 3.63) is 94.2 Å². The van der Waals surface area contributed by atoms with E-state index in [-0.39, 0.29) is 23.2 Å². The number of rotatable bonds is 8. The zero-order valence-corrected chi connectivity index (χ0v) is 17.9. The molecule has 2 N–H and O–H groups in total. The van der Waals surface area contributed by atoms with Crippen LogP contribution in [-0.2, 0) is 6.54 Å². The first-order valence-corrected chi connectivity index (χ1v) is 11.4. The highest BCUT2D eigenvalue weighted by atomic mass is 32.2. The van der Waals surface area contributed by atoms with Crippen LogP contribution in [0, 0.1) is 0 Å². The number of H-pyrrole nitrogens is 1. The molecule has 4 rings (SSSR count). The molecule has 0 saturated heterocycles. The minimum absolute atomic E-state index is 0.195. The van der Waals surface area contributed by atoms with Crippen molar-refractivity contribution in [3.8, 4) is 0 Å². The van der Waals surface area contributed by atoms with Gasteiger partial charge in [0.1, 0.15) is 11.5 Å². The molecular weight excluding hydrogens is 410 g/mol. The van der Waals surface area contributed by atoms with Crippen LogP contribution in [0.1, 0.15) is 34.3 Å². The third-order valence-electron chi connectivity index (χ3n) is 4.93. The van der Waals surface area contributed by atoms with Gasteiger partial charge in [-0.3, -0.25) is 9.59 Å². The molecule has 0 aliphatic heterocycles. The minimum atomic E-state index is -0.339. The summed E-state index contributed by atoms with van der Waals surface area (Å²) in [7, 11) is 0. The number of aromatic amines is 1. The third-order valence-corrected chi connectivity index (χ3v) is 5.57. The van der Waals surface area contributed by atoms with Crippen LogP contribution in [0.25, 0.3) is 11.0 Å². The van der Waals surface area contributed by atoms with Crippen LogP contribution in [0.4, 0.5) is 0 Å². The Morgan fingerprint density at radius 3 is 2.65 bits per heavy atom. The Labute approximate surface area is 183 Å². The van der Waals surface area contributed by atoms with Gasteiger partial charge in [-0.2, -0.15) is 16.9 Å². The van der Waals surface area contributed by atoms with Crippen molar-refractivity contribution in [2.45, 2.75) is 19.0 Å². The number of nitrogens with one attached hydrogen (secondary N) is 2. The van der Waals surface area contributed by atoms with Gasteiger partial charge < -0.3 is 10.3 Å². The number of carbonyl (C=O) groups is 1. The Bertz CT molecular complexity index is 1200. The molecule has 0 unspecified atom stereocenters. The highest BCUT2D eigenvalue weighted by Gasteiger charge is 2.20. The first-order chi connectivity index (χ1) is 15.1. The van der Waals surface area contributed by atoms with Crippen molar-refractivity contribution in [3.63, 3.8) is 0 Å². The van der Waals surface area contributed by atoms with Gasteiger partial charge in [-0.15, -0.1) is 0 Å². The van der Waals surface area contributed by atoms with Crippen molar-refractivity contribution < 1.29 is 4.79 Å². The van der Waals surface area contributed by atoms with Gasteiger partial charge in [0.05, 0.1) is 23.6 Å². The fourth-order valence-electron chi connectivity index (χ4n) is 3.32. The normalized spacial score (nSPS) is 12.0. The summed E-state index contributed by atoms with van der Waals surface area (Å²) in [6.45, 7) is 0.306. The summed E-state index contributed by atoms with van der Waals surface area (Å²) in [5.74, 6) is 1.23. The molecule has 0 bridgehead atoms. The van der Waals surface area contributed by atoms with E-state index in [1.165, 1.54) is 16.8 Å². The minimum Gasteiger partial charge on any atom is -0.341 e.